The maximum atomic E-state index is 6.22. The molecule has 0 aliphatic carbocycles. The Kier molecular flexibility index (Phi) is 4.57. The van der Waals surface area contributed by atoms with Gasteiger partial charge in [0.15, 0.2) is 0 Å². The number of benzene rings is 2. The Hall–Kier alpha value is -0.250. The summed E-state index contributed by atoms with van der Waals surface area (Å²) < 4.78 is 0.817. The third-order valence-electron chi connectivity index (χ3n) is 2.62. The predicted octanol–water partition coefficient (Wildman–Crippen LogP) is 5.46. The standard InChI is InChI=1S/C13H9BrCl3N/c14-9-3-1-2-8(12(9)17)13(18)7-4-5-10(15)11(16)6-7/h1-6,13H,18H2. The molecular formula is C13H9BrCl3N. The Labute approximate surface area is 129 Å². The molecule has 1 atom stereocenters. The van der Waals surface area contributed by atoms with Gasteiger partial charge in [-0.25, -0.2) is 0 Å². The van der Waals surface area contributed by atoms with Crippen LogP contribution in [0.3, 0.4) is 0 Å². The molecule has 1 unspecified atom stereocenters. The molecule has 0 aromatic heterocycles. The van der Waals surface area contributed by atoms with E-state index >= 15 is 0 Å². The molecule has 94 valence electrons. The lowest BCUT2D eigenvalue weighted by atomic mass is 10.00. The zero-order valence-electron chi connectivity index (χ0n) is 9.13. The molecule has 2 aromatic carbocycles. The topological polar surface area (TPSA) is 26.0 Å². The van der Waals surface area contributed by atoms with E-state index in [4.69, 9.17) is 40.5 Å². The van der Waals surface area contributed by atoms with Gasteiger partial charge in [0.05, 0.1) is 21.1 Å². The van der Waals surface area contributed by atoms with Crippen LogP contribution in [0, 0.1) is 0 Å². The van der Waals surface area contributed by atoms with E-state index in [2.05, 4.69) is 15.9 Å². The molecule has 2 aromatic rings. The molecular weight excluding hydrogens is 356 g/mol. The van der Waals surface area contributed by atoms with Gasteiger partial charge in [-0.05, 0) is 45.3 Å². The molecule has 2 rings (SSSR count). The molecule has 0 amide bonds. The van der Waals surface area contributed by atoms with Crippen LogP contribution in [0.25, 0.3) is 0 Å². The van der Waals surface area contributed by atoms with E-state index in [0.29, 0.717) is 15.1 Å². The quantitative estimate of drug-likeness (QED) is 0.752. The molecule has 0 aliphatic heterocycles. The van der Waals surface area contributed by atoms with Gasteiger partial charge in [-0.15, -0.1) is 0 Å². The molecule has 0 spiro atoms. The molecule has 0 aliphatic rings. The van der Waals surface area contributed by atoms with Gasteiger partial charge in [0.1, 0.15) is 0 Å². The Morgan fingerprint density at radius 3 is 2.39 bits per heavy atom. The van der Waals surface area contributed by atoms with Crippen LogP contribution < -0.4 is 5.73 Å². The maximum Gasteiger partial charge on any atom is 0.0599 e. The second-order valence-corrected chi connectivity index (χ2v) is 5.84. The van der Waals surface area contributed by atoms with Crippen molar-refractivity contribution in [3.8, 4) is 0 Å². The molecule has 0 heterocycles. The minimum Gasteiger partial charge on any atom is -0.320 e. The van der Waals surface area contributed by atoms with Crippen LogP contribution in [-0.2, 0) is 0 Å². The minimum atomic E-state index is -0.343. The van der Waals surface area contributed by atoms with Gasteiger partial charge in [-0.2, -0.15) is 0 Å². The lowest BCUT2D eigenvalue weighted by molar-refractivity contribution is 0.871. The van der Waals surface area contributed by atoms with Gasteiger partial charge in [0.2, 0.25) is 0 Å². The summed E-state index contributed by atoms with van der Waals surface area (Å²) in [5.41, 5.74) is 7.90. The average molecular weight is 365 g/mol. The second-order valence-electron chi connectivity index (χ2n) is 3.79. The molecule has 2 N–H and O–H groups in total. The van der Waals surface area contributed by atoms with Gasteiger partial charge in [0, 0.05) is 4.47 Å². The first-order valence-corrected chi connectivity index (χ1v) is 7.08. The van der Waals surface area contributed by atoms with Gasteiger partial charge in [-0.1, -0.05) is 53.0 Å². The Bertz CT molecular complexity index is 586. The Morgan fingerprint density at radius 2 is 1.72 bits per heavy atom. The Balaban J connectivity index is 2.44. The monoisotopic (exact) mass is 363 g/mol. The number of hydrogen-bond donors (Lipinski definition) is 1. The zero-order valence-corrected chi connectivity index (χ0v) is 13.0. The summed E-state index contributed by atoms with van der Waals surface area (Å²) in [5.74, 6) is 0. The van der Waals surface area contributed by atoms with Crippen LogP contribution in [-0.4, -0.2) is 0 Å². The van der Waals surface area contributed by atoms with Crippen molar-refractivity contribution in [1.29, 1.82) is 0 Å². The van der Waals surface area contributed by atoms with Crippen LogP contribution in [0.5, 0.6) is 0 Å². The van der Waals surface area contributed by atoms with E-state index in [9.17, 15) is 0 Å². The number of halogens is 4. The number of nitrogens with two attached hydrogens (primary N) is 1. The highest BCUT2D eigenvalue weighted by atomic mass is 79.9. The van der Waals surface area contributed by atoms with E-state index in [1.807, 2.05) is 24.3 Å². The summed E-state index contributed by atoms with van der Waals surface area (Å²) in [4.78, 5) is 0. The minimum absolute atomic E-state index is 0.343. The van der Waals surface area contributed by atoms with Gasteiger partial charge in [-0.3, -0.25) is 0 Å². The van der Waals surface area contributed by atoms with Crippen molar-refractivity contribution < 1.29 is 0 Å². The summed E-state index contributed by atoms with van der Waals surface area (Å²) in [6, 6.07) is 10.6. The van der Waals surface area contributed by atoms with Crippen molar-refractivity contribution >= 4 is 50.7 Å². The highest BCUT2D eigenvalue weighted by Gasteiger charge is 2.15. The molecule has 0 radical (unpaired) electrons. The predicted molar refractivity (Wildman–Crippen MR) is 81.6 cm³/mol. The molecule has 0 saturated heterocycles. The normalized spacial score (nSPS) is 12.5. The van der Waals surface area contributed by atoms with Crippen LogP contribution in [0.15, 0.2) is 40.9 Å². The van der Waals surface area contributed by atoms with E-state index in [1.165, 1.54) is 0 Å². The molecule has 0 saturated carbocycles. The van der Waals surface area contributed by atoms with E-state index in [1.54, 1.807) is 12.1 Å². The first-order chi connectivity index (χ1) is 8.50. The summed E-state index contributed by atoms with van der Waals surface area (Å²) in [7, 11) is 0. The lowest BCUT2D eigenvalue weighted by Crippen LogP contribution is -2.12. The highest BCUT2D eigenvalue weighted by Crippen LogP contribution is 2.33. The largest absolute Gasteiger partial charge is 0.320 e. The van der Waals surface area contributed by atoms with Crippen molar-refractivity contribution in [3.63, 3.8) is 0 Å². The molecule has 18 heavy (non-hydrogen) atoms. The van der Waals surface area contributed by atoms with Crippen molar-refractivity contribution in [3.05, 3.63) is 67.1 Å². The summed E-state index contributed by atoms with van der Waals surface area (Å²) in [6.45, 7) is 0. The zero-order chi connectivity index (χ0) is 13.3. The van der Waals surface area contributed by atoms with Crippen LogP contribution in [0.4, 0.5) is 0 Å². The van der Waals surface area contributed by atoms with Gasteiger partial charge < -0.3 is 5.73 Å². The summed E-state index contributed by atoms with van der Waals surface area (Å²) in [5, 5.41) is 1.60. The van der Waals surface area contributed by atoms with Gasteiger partial charge in [0.25, 0.3) is 0 Å². The molecule has 1 nitrogen and oxygen atoms in total. The van der Waals surface area contributed by atoms with Crippen LogP contribution in [0.1, 0.15) is 17.2 Å². The van der Waals surface area contributed by atoms with Crippen LogP contribution in [0.2, 0.25) is 15.1 Å². The molecule has 0 bridgehead atoms. The van der Waals surface area contributed by atoms with Crippen molar-refractivity contribution in [2.75, 3.05) is 0 Å². The van der Waals surface area contributed by atoms with Crippen molar-refractivity contribution in [2.45, 2.75) is 6.04 Å². The van der Waals surface area contributed by atoms with Crippen molar-refractivity contribution in [1.82, 2.24) is 0 Å². The third-order valence-corrected chi connectivity index (χ3v) is 4.67. The third kappa shape index (κ3) is 2.84. The van der Waals surface area contributed by atoms with E-state index in [0.717, 1.165) is 15.6 Å². The summed E-state index contributed by atoms with van der Waals surface area (Å²) in [6.07, 6.45) is 0. The molecule has 5 heteroatoms. The molecule has 0 fully saturated rings. The first-order valence-electron chi connectivity index (χ1n) is 5.15. The van der Waals surface area contributed by atoms with E-state index < -0.39 is 0 Å². The smallest absolute Gasteiger partial charge is 0.0599 e. The SMILES string of the molecule is NC(c1ccc(Cl)c(Cl)c1)c1cccc(Br)c1Cl. The van der Waals surface area contributed by atoms with Gasteiger partial charge >= 0.3 is 0 Å². The van der Waals surface area contributed by atoms with Crippen molar-refractivity contribution in [2.24, 2.45) is 5.73 Å². The lowest BCUT2D eigenvalue weighted by Gasteiger charge is -2.15. The maximum absolute atomic E-state index is 6.22. The highest BCUT2D eigenvalue weighted by molar-refractivity contribution is 9.10. The average Bonchev–Trinajstić information content (AvgIpc) is 2.35. The fourth-order valence-electron chi connectivity index (χ4n) is 1.65. The first kappa shape index (κ1) is 14.2. The fraction of sp³-hybridized carbons (Fsp3) is 0.0769. The Morgan fingerprint density at radius 1 is 1.00 bits per heavy atom. The summed E-state index contributed by atoms with van der Waals surface area (Å²) >= 11 is 21.5. The van der Waals surface area contributed by atoms with E-state index in [-0.39, 0.29) is 6.04 Å². The second kappa shape index (κ2) is 5.81. The van der Waals surface area contributed by atoms with Crippen LogP contribution >= 0.6 is 50.7 Å². The number of hydrogen-bond acceptors (Lipinski definition) is 1. The number of rotatable bonds is 2. The fourth-order valence-corrected chi connectivity index (χ4v) is 2.58.